The zero-order valence-electron chi connectivity index (χ0n) is 13.3. The molecule has 0 amide bonds. The van der Waals surface area contributed by atoms with Crippen molar-refractivity contribution in [3.8, 4) is 0 Å². The second-order valence-electron chi connectivity index (χ2n) is 6.01. The summed E-state index contributed by atoms with van der Waals surface area (Å²) < 4.78 is 0. The Morgan fingerprint density at radius 1 is 1.00 bits per heavy atom. The Hall–Kier alpha value is -1.31. The van der Waals surface area contributed by atoms with E-state index in [2.05, 4.69) is 63.3 Å². The molecule has 0 aliphatic carbocycles. The molecule has 0 aliphatic heterocycles. The van der Waals surface area contributed by atoms with Crippen LogP contribution in [0.2, 0.25) is 5.02 Å². The predicted molar refractivity (Wildman–Crippen MR) is 91.8 cm³/mol. The number of aryl methyl sites for hydroxylation is 1. The van der Waals surface area contributed by atoms with E-state index in [-0.39, 0.29) is 0 Å². The van der Waals surface area contributed by atoms with Crippen LogP contribution in [0, 0.1) is 19.8 Å². The molecule has 0 saturated heterocycles. The third kappa shape index (κ3) is 4.09. The second-order valence-corrected chi connectivity index (χ2v) is 6.45. The second kappa shape index (κ2) is 7.11. The van der Waals surface area contributed by atoms with Crippen LogP contribution in [0.15, 0.2) is 42.5 Å². The molecule has 1 atom stereocenters. The van der Waals surface area contributed by atoms with E-state index in [0.29, 0.717) is 12.0 Å². The van der Waals surface area contributed by atoms with E-state index in [1.165, 1.54) is 22.3 Å². The molecule has 0 radical (unpaired) electrons. The summed E-state index contributed by atoms with van der Waals surface area (Å²) in [5, 5.41) is 4.48. The Morgan fingerprint density at radius 2 is 1.67 bits per heavy atom. The van der Waals surface area contributed by atoms with Crippen molar-refractivity contribution in [1.82, 2.24) is 5.32 Å². The van der Waals surface area contributed by atoms with Crippen LogP contribution in [0.1, 0.15) is 42.1 Å². The topological polar surface area (TPSA) is 12.0 Å². The Bertz CT molecular complexity index is 587. The van der Waals surface area contributed by atoms with Gasteiger partial charge in [0.2, 0.25) is 0 Å². The van der Waals surface area contributed by atoms with Crippen molar-refractivity contribution in [2.45, 2.75) is 40.3 Å². The molecule has 0 bridgehead atoms. The molecule has 2 aromatic rings. The number of hydrogen-bond donors (Lipinski definition) is 1. The zero-order valence-corrected chi connectivity index (χ0v) is 14.0. The van der Waals surface area contributed by atoms with Crippen molar-refractivity contribution in [3.05, 3.63) is 69.7 Å². The summed E-state index contributed by atoms with van der Waals surface area (Å²) >= 11 is 5.99. The Balaban J connectivity index is 2.14. The first-order chi connectivity index (χ1) is 9.99. The first kappa shape index (κ1) is 16.1. The minimum atomic E-state index is 0.335. The molecule has 0 spiro atoms. The first-order valence-corrected chi connectivity index (χ1v) is 7.90. The molecule has 21 heavy (non-hydrogen) atoms. The molecule has 1 nitrogen and oxygen atoms in total. The highest BCUT2D eigenvalue weighted by molar-refractivity contribution is 6.30. The number of rotatable bonds is 5. The molecular weight excluding hydrogens is 278 g/mol. The molecule has 2 rings (SSSR count). The maximum Gasteiger partial charge on any atom is 0.0406 e. The van der Waals surface area contributed by atoms with Crippen LogP contribution >= 0.6 is 11.6 Å². The lowest BCUT2D eigenvalue weighted by Crippen LogP contribution is -2.25. The molecule has 1 N–H and O–H groups in total. The highest BCUT2D eigenvalue weighted by Crippen LogP contribution is 2.24. The van der Waals surface area contributed by atoms with Crippen molar-refractivity contribution in [1.29, 1.82) is 0 Å². The van der Waals surface area contributed by atoms with Crippen molar-refractivity contribution >= 4 is 11.6 Å². The van der Waals surface area contributed by atoms with Crippen LogP contribution in [0.25, 0.3) is 0 Å². The average Bonchev–Trinajstić information content (AvgIpc) is 2.45. The molecule has 0 heterocycles. The average molecular weight is 302 g/mol. The minimum absolute atomic E-state index is 0.335. The van der Waals surface area contributed by atoms with Crippen LogP contribution in [-0.4, -0.2) is 0 Å². The third-order valence-electron chi connectivity index (χ3n) is 4.13. The summed E-state index contributed by atoms with van der Waals surface area (Å²) in [6.45, 7) is 9.74. The maximum atomic E-state index is 5.99. The highest BCUT2D eigenvalue weighted by Gasteiger charge is 2.15. The number of benzene rings is 2. The van der Waals surface area contributed by atoms with Crippen molar-refractivity contribution in [3.63, 3.8) is 0 Å². The molecule has 0 aliphatic rings. The quantitative estimate of drug-likeness (QED) is 0.775. The van der Waals surface area contributed by atoms with E-state index in [1.54, 1.807) is 0 Å². The van der Waals surface area contributed by atoms with Crippen LogP contribution < -0.4 is 5.32 Å². The summed E-state index contributed by atoms with van der Waals surface area (Å²) in [5.41, 5.74) is 5.39. The summed E-state index contributed by atoms with van der Waals surface area (Å²) in [4.78, 5) is 0. The molecule has 2 aromatic carbocycles. The Morgan fingerprint density at radius 3 is 2.29 bits per heavy atom. The summed E-state index contributed by atoms with van der Waals surface area (Å²) in [5.74, 6) is 0.524. The fourth-order valence-electron chi connectivity index (χ4n) is 2.63. The molecule has 0 saturated carbocycles. The molecule has 1 unspecified atom stereocenters. The molecule has 0 fully saturated rings. The van der Waals surface area contributed by atoms with Gasteiger partial charge in [-0.1, -0.05) is 55.8 Å². The zero-order chi connectivity index (χ0) is 15.4. The summed E-state index contributed by atoms with van der Waals surface area (Å²) in [7, 11) is 0. The molecular formula is C19H24ClN. The van der Waals surface area contributed by atoms with Gasteiger partial charge in [0.25, 0.3) is 0 Å². The SMILES string of the molecule is Cc1cccc(CNC(c2ccc(Cl)cc2)C(C)C)c1C. The number of halogens is 1. The minimum Gasteiger partial charge on any atom is -0.306 e. The molecule has 112 valence electrons. The monoisotopic (exact) mass is 301 g/mol. The van der Waals surface area contributed by atoms with Gasteiger partial charge >= 0.3 is 0 Å². The lowest BCUT2D eigenvalue weighted by Gasteiger charge is -2.24. The normalized spacial score (nSPS) is 12.7. The molecule has 0 aromatic heterocycles. The van der Waals surface area contributed by atoms with E-state index in [9.17, 15) is 0 Å². The van der Waals surface area contributed by atoms with Gasteiger partial charge in [0.15, 0.2) is 0 Å². The van der Waals surface area contributed by atoms with Crippen molar-refractivity contribution in [2.75, 3.05) is 0 Å². The van der Waals surface area contributed by atoms with Crippen molar-refractivity contribution in [2.24, 2.45) is 5.92 Å². The van der Waals surface area contributed by atoms with Gasteiger partial charge in [0.05, 0.1) is 0 Å². The van der Waals surface area contributed by atoms with Gasteiger partial charge in [-0.05, 0) is 54.2 Å². The fraction of sp³-hybridized carbons (Fsp3) is 0.368. The van der Waals surface area contributed by atoms with E-state index < -0.39 is 0 Å². The standard InChI is InChI=1S/C19H24ClN/c1-13(2)19(16-8-10-18(20)11-9-16)21-12-17-7-5-6-14(3)15(17)4/h5-11,13,19,21H,12H2,1-4H3. The summed E-state index contributed by atoms with van der Waals surface area (Å²) in [6.07, 6.45) is 0. The van der Waals surface area contributed by atoms with Crippen LogP contribution in [0.5, 0.6) is 0 Å². The van der Waals surface area contributed by atoms with Gasteiger partial charge < -0.3 is 5.32 Å². The van der Waals surface area contributed by atoms with E-state index >= 15 is 0 Å². The predicted octanol–water partition coefficient (Wildman–Crippen LogP) is 5.44. The molecule has 2 heteroatoms. The smallest absolute Gasteiger partial charge is 0.0406 e. The van der Waals surface area contributed by atoms with Gasteiger partial charge in [-0.25, -0.2) is 0 Å². The van der Waals surface area contributed by atoms with Gasteiger partial charge in [0, 0.05) is 17.6 Å². The lowest BCUT2D eigenvalue weighted by atomic mass is 9.95. The van der Waals surface area contributed by atoms with E-state index in [0.717, 1.165) is 11.6 Å². The number of nitrogens with one attached hydrogen (secondary N) is 1. The van der Waals surface area contributed by atoms with Gasteiger partial charge in [0.1, 0.15) is 0 Å². The van der Waals surface area contributed by atoms with E-state index in [4.69, 9.17) is 11.6 Å². The number of hydrogen-bond acceptors (Lipinski definition) is 1. The summed E-state index contributed by atoms with van der Waals surface area (Å²) in [6, 6.07) is 15.0. The largest absolute Gasteiger partial charge is 0.306 e. The van der Waals surface area contributed by atoms with Crippen LogP contribution in [-0.2, 0) is 6.54 Å². The van der Waals surface area contributed by atoms with Gasteiger partial charge in [-0.3, -0.25) is 0 Å². The van der Waals surface area contributed by atoms with Crippen molar-refractivity contribution < 1.29 is 0 Å². The van der Waals surface area contributed by atoms with Crippen LogP contribution in [0.4, 0.5) is 0 Å². The van der Waals surface area contributed by atoms with E-state index in [1.807, 2.05) is 12.1 Å². The highest BCUT2D eigenvalue weighted by atomic mass is 35.5. The lowest BCUT2D eigenvalue weighted by molar-refractivity contribution is 0.410. The Labute approximate surface area is 133 Å². The Kier molecular flexibility index (Phi) is 5.44. The third-order valence-corrected chi connectivity index (χ3v) is 4.38. The van der Waals surface area contributed by atoms with Gasteiger partial charge in [-0.15, -0.1) is 0 Å². The van der Waals surface area contributed by atoms with Crippen LogP contribution in [0.3, 0.4) is 0 Å². The maximum absolute atomic E-state index is 5.99. The first-order valence-electron chi connectivity index (χ1n) is 7.53. The fourth-order valence-corrected chi connectivity index (χ4v) is 2.76. The van der Waals surface area contributed by atoms with Gasteiger partial charge in [-0.2, -0.15) is 0 Å².